The molecule has 0 N–H and O–H groups in total. The maximum absolute atomic E-state index is 13.1. The molecule has 222 valence electrons. The van der Waals surface area contributed by atoms with E-state index >= 15 is 0 Å². The fraction of sp³-hybridized carbons (Fsp3) is 0.840. The Morgan fingerprint density at radius 2 is 1.03 bits per heavy atom. The van der Waals surface area contributed by atoms with Crippen LogP contribution in [0.15, 0.2) is 0 Å². The number of esters is 4. The van der Waals surface area contributed by atoms with Crippen LogP contribution in [-0.4, -0.2) is 66.1 Å². The van der Waals surface area contributed by atoms with E-state index in [1.54, 1.807) is 62.3 Å². The van der Waals surface area contributed by atoms with Crippen LogP contribution in [-0.2, 0) is 56.3 Å². The third-order valence-corrected chi connectivity index (χ3v) is 5.44. The molecular weight excluding hydrogens is 523 g/mol. The zero-order chi connectivity index (χ0) is 29.9. The predicted octanol–water partition coefficient (Wildman–Crippen LogP) is 4.66. The van der Waals surface area contributed by atoms with Crippen LogP contribution in [0, 0.1) is 0 Å². The Morgan fingerprint density at radius 1 is 0.632 bits per heavy atom. The summed E-state index contributed by atoms with van der Waals surface area (Å²) in [4.78, 5) is 50.9. The lowest BCUT2D eigenvalue weighted by Crippen LogP contribution is -2.49. The molecule has 12 nitrogen and oxygen atoms in total. The molecule has 0 spiro atoms. The van der Waals surface area contributed by atoms with Crippen molar-refractivity contribution in [3.63, 3.8) is 0 Å². The van der Waals surface area contributed by atoms with E-state index in [-0.39, 0.29) is 32.5 Å². The molecule has 0 aromatic carbocycles. The number of hydrogen-bond donors (Lipinski definition) is 0. The van der Waals surface area contributed by atoms with Crippen molar-refractivity contribution in [2.75, 3.05) is 13.2 Å². The van der Waals surface area contributed by atoms with Gasteiger partial charge in [-0.1, -0.05) is 0 Å². The van der Waals surface area contributed by atoms with Gasteiger partial charge in [-0.05, 0) is 82.6 Å². The summed E-state index contributed by atoms with van der Waals surface area (Å²) in [6.07, 6.45) is -4.41. The maximum atomic E-state index is 13.1. The van der Waals surface area contributed by atoms with Gasteiger partial charge in [-0.15, -0.1) is 0 Å². The van der Waals surface area contributed by atoms with E-state index in [9.17, 15) is 23.7 Å². The fourth-order valence-corrected chi connectivity index (χ4v) is 4.00. The van der Waals surface area contributed by atoms with Gasteiger partial charge in [0.2, 0.25) is 12.2 Å². The lowest BCUT2D eigenvalue weighted by Gasteiger charge is -2.31. The van der Waals surface area contributed by atoms with Crippen LogP contribution in [0.25, 0.3) is 0 Å². The first-order chi connectivity index (χ1) is 17.1. The topological polar surface area (TPSA) is 150 Å². The van der Waals surface area contributed by atoms with Gasteiger partial charge >= 0.3 is 31.7 Å². The largest absolute Gasteiger partial charge is 0.475 e. The van der Waals surface area contributed by atoms with E-state index in [2.05, 4.69) is 0 Å². The highest BCUT2D eigenvalue weighted by Gasteiger charge is 2.47. The van der Waals surface area contributed by atoms with Gasteiger partial charge in [-0.2, -0.15) is 0 Å². The molecule has 0 radical (unpaired) electrons. The number of phosphoric acid groups is 1. The lowest BCUT2D eigenvalue weighted by molar-refractivity contribution is -0.192. The second kappa shape index (κ2) is 15.0. The Hall–Kier alpha value is -2.01. The van der Waals surface area contributed by atoms with Gasteiger partial charge in [0.25, 0.3) is 0 Å². The van der Waals surface area contributed by atoms with Gasteiger partial charge < -0.3 is 18.9 Å². The minimum absolute atomic E-state index is 0.0448. The lowest BCUT2D eigenvalue weighted by atomic mass is 10.1. The third-order valence-electron chi connectivity index (χ3n) is 3.81. The van der Waals surface area contributed by atoms with E-state index in [1.165, 1.54) is 13.8 Å². The Balaban J connectivity index is 6.09. The Morgan fingerprint density at radius 3 is 1.42 bits per heavy atom. The van der Waals surface area contributed by atoms with Gasteiger partial charge in [-0.25, -0.2) is 14.2 Å². The summed E-state index contributed by atoms with van der Waals surface area (Å²) in [6, 6.07) is 0. The second-order valence-electron chi connectivity index (χ2n) is 11.2. The highest BCUT2D eigenvalue weighted by molar-refractivity contribution is 7.48. The van der Waals surface area contributed by atoms with Crippen molar-refractivity contribution in [1.29, 1.82) is 0 Å². The minimum atomic E-state index is -4.40. The van der Waals surface area contributed by atoms with E-state index in [4.69, 9.17) is 32.5 Å². The molecule has 0 fully saturated rings. The van der Waals surface area contributed by atoms with Gasteiger partial charge in [-0.3, -0.25) is 23.2 Å². The molecule has 0 heterocycles. The number of rotatable bonds is 14. The summed E-state index contributed by atoms with van der Waals surface area (Å²) in [7, 11) is -4.40. The Kier molecular flexibility index (Phi) is 14.2. The highest BCUT2D eigenvalue weighted by Crippen LogP contribution is 2.51. The zero-order valence-electron chi connectivity index (χ0n) is 24.5. The fourth-order valence-electron chi connectivity index (χ4n) is 2.70. The quantitative estimate of drug-likeness (QED) is 0.163. The smallest absolute Gasteiger partial charge is 0.460 e. The van der Waals surface area contributed by atoms with Crippen molar-refractivity contribution in [2.24, 2.45) is 0 Å². The molecule has 38 heavy (non-hydrogen) atoms. The SMILES string of the molecule is CCOP(=O)(OCC)O[C@H](C(=O)OC(C)(C)C)[C@H](OC(=O)CCCC(=O)OC(C)(C)C)C(=O)OC(C)(C)C. The van der Waals surface area contributed by atoms with Gasteiger partial charge in [0.15, 0.2) is 0 Å². The molecule has 0 aromatic rings. The molecular formula is C25H45O12P. The molecule has 0 saturated carbocycles. The molecule has 0 amide bonds. The average molecular weight is 569 g/mol. The van der Waals surface area contributed by atoms with Gasteiger partial charge in [0.05, 0.1) is 13.2 Å². The first-order valence-corrected chi connectivity index (χ1v) is 14.0. The van der Waals surface area contributed by atoms with E-state index in [1.807, 2.05) is 0 Å². The number of phosphoric ester groups is 1. The molecule has 0 aliphatic rings. The second-order valence-corrected chi connectivity index (χ2v) is 12.8. The standard InChI is InChI=1S/C25H45O12P/c1-12-31-38(30,32-13-2)37-20(22(29)36-25(9,10)11)19(21(28)35-24(6,7)8)33-17(26)15-14-16-18(27)34-23(3,4)5/h19-20H,12-16H2,1-11H3/t19-,20-/m0/s1. The van der Waals surface area contributed by atoms with Crippen LogP contribution in [0.4, 0.5) is 0 Å². The van der Waals surface area contributed by atoms with Crippen molar-refractivity contribution in [3.8, 4) is 0 Å². The van der Waals surface area contributed by atoms with Gasteiger partial charge in [0, 0.05) is 12.8 Å². The molecule has 0 aliphatic carbocycles. The summed E-state index contributed by atoms with van der Waals surface area (Å²) in [5, 5.41) is 0. The summed E-state index contributed by atoms with van der Waals surface area (Å²) >= 11 is 0. The number of carbonyl (C=O) groups is 4. The molecule has 0 aromatic heterocycles. The average Bonchev–Trinajstić information content (AvgIpc) is 2.66. The predicted molar refractivity (Wildman–Crippen MR) is 137 cm³/mol. The van der Waals surface area contributed by atoms with Crippen molar-refractivity contribution in [2.45, 2.75) is 124 Å². The highest BCUT2D eigenvalue weighted by atomic mass is 31.2. The van der Waals surface area contributed by atoms with Crippen molar-refractivity contribution >= 4 is 31.7 Å². The Labute approximate surface area is 225 Å². The van der Waals surface area contributed by atoms with Crippen LogP contribution >= 0.6 is 7.82 Å². The minimum Gasteiger partial charge on any atom is -0.460 e. The number of ether oxygens (including phenoxy) is 4. The van der Waals surface area contributed by atoms with Crippen molar-refractivity contribution in [3.05, 3.63) is 0 Å². The van der Waals surface area contributed by atoms with Gasteiger partial charge in [0.1, 0.15) is 16.8 Å². The Bertz CT molecular complexity index is 838. The van der Waals surface area contributed by atoms with Crippen LogP contribution in [0.3, 0.4) is 0 Å². The number of carbonyl (C=O) groups excluding carboxylic acids is 4. The first-order valence-electron chi connectivity index (χ1n) is 12.6. The van der Waals surface area contributed by atoms with E-state index in [0.29, 0.717) is 0 Å². The monoisotopic (exact) mass is 568 g/mol. The summed E-state index contributed by atoms with van der Waals surface area (Å²) in [5.41, 5.74) is -2.78. The van der Waals surface area contributed by atoms with E-state index in [0.717, 1.165) is 0 Å². The van der Waals surface area contributed by atoms with Crippen LogP contribution in [0.2, 0.25) is 0 Å². The molecule has 0 aliphatic heterocycles. The summed E-state index contributed by atoms with van der Waals surface area (Å²) < 4.78 is 50.0. The van der Waals surface area contributed by atoms with Crippen molar-refractivity contribution in [1.82, 2.24) is 0 Å². The van der Waals surface area contributed by atoms with E-state index < -0.39 is 60.7 Å². The first kappa shape index (κ1) is 36.0. The van der Waals surface area contributed by atoms with Crippen LogP contribution in [0.5, 0.6) is 0 Å². The summed E-state index contributed by atoms with van der Waals surface area (Å²) in [6.45, 7) is 17.4. The summed E-state index contributed by atoms with van der Waals surface area (Å²) in [5.74, 6) is -3.76. The van der Waals surface area contributed by atoms with Crippen LogP contribution in [0.1, 0.15) is 95.4 Å². The molecule has 0 saturated heterocycles. The third kappa shape index (κ3) is 16.1. The molecule has 0 rings (SSSR count). The van der Waals surface area contributed by atoms with Crippen LogP contribution < -0.4 is 0 Å². The molecule has 13 heteroatoms. The molecule has 0 bridgehead atoms. The normalized spacial score (nSPS) is 14.3. The maximum Gasteiger partial charge on any atom is 0.475 e. The number of hydrogen-bond acceptors (Lipinski definition) is 12. The van der Waals surface area contributed by atoms with Crippen molar-refractivity contribution < 1.29 is 56.3 Å². The molecule has 2 atom stereocenters. The molecule has 0 unspecified atom stereocenters. The zero-order valence-corrected chi connectivity index (χ0v) is 25.4.